The minimum Gasteiger partial charge on any atom is -0.494 e. The Balaban J connectivity index is 1.77. The molecule has 27 heavy (non-hydrogen) atoms. The van der Waals surface area contributed by atoms with Gasteiger partial charge in [-0.15, -0.1) is 0 Å². The van der Waals surface area contributed by atoms with Crippen molar-refractivity contribution in [3.05, 3.63) is 42.2 Å². The first kappa shape index (κ1) is 21.3. The predicted molar refractivity (Wildman–Crippen MR) is 108 cm³/mol. The average molecular weight is 373 g/mol. The third-order valence-electron chi connectivity index (χ3n) is 4.55. The molecule has 0 bridgehead atoms. The van der Waals surface area contributed by atoms with Gasteiger partial charge in [0.2, 0.25) is 0 Å². The van der Waals surface area contributed by atoms with E-state index in [0.29, 0.717) is 19.4 Å². The van der Waals surface area contributed by atoms with Gasteiger partial charge in [-0.1, -0.05) is 32.6 Å². The highest BCUT2D eigenvalue weighted by atomic mass is 16.5. The van der Waals surface area contributed by atoms with E-state index < -0.39 is 6.10 Å². The number of hydrogen-bond acceptors (Lipinski definition) is 5. The fourth-order valence-electron chi connectivity index (χ4n) is 2.87. The molecule has 1 aromatic heterocycles. The molecule has 0 aliphatic carbocycles. The number of unbranched alkanes of at least 4 members (excludes halogenated alkanes) is 4. The van der Waals surface area contributed by atoms with Crippen molar-refractivity contribution < 1.29 is 14.9 Å². The summed E-state index contributed by atoms with van der Waals surface area (Å²) >= 11 is 0. The lowest BCUT2D eigenvalue weighted by Gasteiger charge is -2.09. The number of aliphatic hydroxyl groups is 2. The van der Waals surface area contributed by atoms with E-state index in [0.717, 1.165) is 23.6 Å². The number of aliphatic hydroxyl groups excluding tert-OH is 2. The van der Waals surface area contributed by atoms with E-state index in [1.165, 1.54) is 37.7 Å². The second kappa shape index (κ2) is 12.4. The molecule has 1 aromatic carbocycles. The lowest BCUT2D eigenvalue weighted by Crippen LogP contribution is -2.13. The van der Waals surface area contributed by atoms with Gasteiger partial charge >= 0.3 is 0 Å². The first-order valence-electron chi connectivity index (χ1n) is 10.1. The van der Waals surface area contributed by atoms with Gasteiger partial charge in [-0.05, 0) is 55.5 Å². The summed E-state index contributed by atoms with van der Waals surface area (Å²) in [5.41, 5.74) is 2.16. The molecule has 5 nitrogen and oxygen atoms in total. The van der Waals surface area contributed by atoms with Gasteiger partial charge in [0.05, 0.1) is 19.3 Å². The number of aromatic nitrogens is 2. The zero-order chi connectivity index (χ0) is 19.3. The van der Waals surface area contributed by atoms with Gasteiger partial charge in [0.25, 0.3) is 0 Å². The number of nitrogens with zero attached hydrogens (tertiary/aromatic N) is 2. The Morgan fingerprint density at radius 2 is 1.67 bits per heavy atom. The van der Waals surface area contributed by atoms with Crippen LogP contribution in [0, 0.1) is 0 Å². The largest absolute Gasteiger partial charge is 0.494 e. The molecule has 2 N–H and O–H groups in total. The van der Waals surface area contributed by atoms with Crippen molar-refractivity contribution in [2.75, 3.05) is 13.2 Å². The Morgan fingerprint density at radius 1 is 0.963 bits per heavy atom. The van der Waals surface area contributed by atoms with Crippen LogP contribution in [0.1, 0.15) is 57.4 Å². The van der Waals surface area contributed by atoms with Crippen LogP contribution in [0.5, 0.6) is 5.75 Å². The van der Waals surface area contributed by atoms with Crippen molar-refractivity contribution in [1.29, 1.82) is 0 Å². The lowest BCUT2D eigenvalue weighted by molar-refractivity contribution is 0.0828. The molecule has 148 valence electrons. The van der Waals surface area contributed by atoms with Gasteiger partial charge in [-0.2, -0.15) is 0 Å². The second-order valence-electron chi connectivity index (χ2n) is 6.93. The quantitative estimate of drug-likeness (QED) is 0.516. The summed E-state index contributed by atoms with van der Waals surface area (Å²) in [5.74, 6) is 1.50. The highest BCUT2D eigenvalue weighted by molar-refractivity contribution is 5.55. The molecular weight excluding hydrogens is 340 g/mol. The Morgan fingerprint density at radius 3 is 2.33 bits per heavy atom. The minimum absolute atomic E-state index is 0.202. The molecule has 0 spiro atoms. The Kier molecular flexibility index (Phi) is 9.80. The van der Waals surface area contributed by atoms with Crippen LogP contribution < -0.4 is 4.74 Å². The molecule has 5 heteroatoms. The first-order valence-corrected chi connectivity index (χ1v) is 10.1. The standard InChI is InChI=1S/C22H32N2O3/c1-2-3-4-5-6-8-18-15-23-22(24-16-18)19-10-12-21(13-11-19)27-14-7-9-20(26)17-25/h10-13,15-16,20,25-26H,2-9,14,17H2,1H3/t20-/m0/s1. The molecule has 0 aliphatic heterocycles. The zero-order valence-corrected chi connectivity index (χ0v) is 16.3. The summed E-state index contributed by atoms with van der Waals surface area (Å²) in [6.45, 7) is 2.54. The topological polar surface area (TPSA) is 75.5 Å². The second-order valence-corrected chi connectivity index (χ2v) is 6.93. The number of hydrogen-bond donors (Lipinski definition) is 2. The maximum absolute atomic E-state index is 9.30. The lowest BCUT2D eigenvalue weighted by atomic mass is 10.1. The fourth-order valence-corrected chi connectivity index (χ4v) is 2.87. The van der Waals surface area contributed by atoms with Crippen LogP contribution in [0.2, 0.25) is 0 Å². The van der Waals surface area contributed by atoms with Gasteiger partial charge in [0, 0.05) is 18.0 Å². The summed E-state index contributed by atoms with van der Waals surface area (Å²) in [4.78, 5) is 8.99. The molecule has 1 atom stereocenters. The molecule has 0 radical (unpaired) electrons. The smallest absolute Gasteiger partial charge is 0.159 e. The number of benzene rings is 1. The summed E-state index contributed by atoms with van der Waals surface area (Å²) in [5, 5.41) is 18.1. The summed E-state index contributed by atoms with van der Waals surface area (Å²) in [6.07, 6.45) is 11.9. The monoisotopic (exact) mass is 372 g/mol. The van der Waals surface area contributed by atoms with Crippen molar-refractivity contribution in [2.24, 2.45) is 0 Å². The third-order valence-corrected chi connectivity index (χ3v) is 4.55. The fraction of sp³-hybridized carbons (Fsp3) is 0.545. The maximum Gasteiger partial charge on any atom is 0.159 e. The normalized spacial score (nSPS) is 12.1. The minimum atomic E-state index is -0.660. The summed E-state index contributed by atoms with van der Waals surface area (Å²) in [6, 6.07) is 7.72. The SMILES string of the molecule is CCCCCCCc1cnc(-c2ccc(OCCC[C@H](O)CO)cc2)nc1. The number of rotatable bonds is 13. The van der Waals surface area contributed by atoms with E-state index in [-0.39, 0.29) is 6.61 Å². The van der Waals surface area contributed by atoms with E-state index >= 15 is 0 Å². The molecule has 0 amide bonds. The molecule has 0 aliphatic rings. The van der Waals surface area contributed by atoms with Crippen LogP contribution in [-0.4, -0.2) is 39.5 Å². The van der Waals surface area contributed by atoms with Crippen molar-refractivity contribution in [3.63, 3.8) is 0 Å². The molecule has 2 aromatic rings. The Labute approximate surface area is 162 Å². The van der Waals surface area contributed by atoms with Crippen LogP contribution >= 0.6 is 0 Å². The van der Waals surface area contributed by atoms with Gasteiger partial charge in [0.15, 0.2) is 5.82 Å². The first-order chi connectivity index (χ1) is 13.2. The average Bonchev–Trinajstić information content (AvgIpc) is 2.72. The third kappa shape index (κ3) is 8.06. The van der Waals surface area contributed by atoms with Gasteiger partial charge in [0.1, 0.15) is 5.75 Å². The van der Waals surface area contributed by atoms with Gasteiger partial charge < -0.3 is 14.9 Å². The van der Waals surface area contributed by atoms with Crippen LogP contribution in [0.15, 0.2) is 36.7 Å². The van der Waals surface area contributed by atoms with Crippen molar-refractivity contribution in [3.8, 4) is 17.1 Å². The van der Waals surface area contributed by atoms with Gasteiger partial charge in [-0.25, -0.2) is 9.97 Å². The van der Waals surface area contributed by atoms with Crippen LogP contribution in [0.4, 0.5) is 0 Å². The molecule has 0 unspecified atom stereocenters. The number of aryl methyl sites for hydroxylation is 1. The highest BCUT2D eigenvalue weighted by Gasteiger charge is 2.04. The maximum atomic E-state index is 9.30. The molecule has 1 heterocycles. The Hall–Kier alpha value is -1.98. The van der Waals surface area contributed by atoms with Crippen molar-refractivity contribution in [2.45, 2.75) is 64.4 Å². The molecule has 0 saturated heterocycles. The Bertz CT molecular complexity index is 629. The number of ether oxygens (including phenoxy) is 1. The van der Waals surface area contributed by atoms with Crippen LogP contribution in [-0.2, 0) is 6.42 Å². The van der Waals surface area contributed by atoms with Crippen LogP contribution in [0.25, 0.3) is 11.4 Å². The van der Waals surface area contributed by atoms with Crippen molar-refractivity contribution >= 4 is 0 Å². The van der Waals surface area contributed by atoms with Crippen molar-refractivity contribution in [1.82, 2.24) is 9.97 Å². The molecule has 2 rings (SSSR count). The van der Waals surface area contributed by atoms with Crippen LogP contribution in [0.3, 0.4) is 0 Å². The highest BCUT2D eigenvalue weighted by Crippen LogP contribution is 2.20. The molecule has 0 saturated carbocycles. The molecule has 0 fully saturated rings. The summed E-state index contributed by atoms with van der Waals surface area (Å²) in [7, 11) is 0. The van der Waals surface area contributed by atoms with E-state index in [2.05, 4.69) is 16.9 Å². The zero-order valence-electron chi connectivity index (χ0n) is 16.3. The van der Waals surface area contributed by atoms with E-state index in [4.69, 9.17) is 9.84 Å². The van der Waals surface area contributed by atoms with Gasteiger partial charge in [-0.3, -0.25) is 0 Å². The van der Waals surface area contributed by atoms with E-state index in [9.17, 15) is 5.11 Å². The van der Waals surface area contributed by atoms with E-state index in [1.54, 1.807) is 0 Å². The predicted octanol–water partition coefficient (Wildman–Crippen LogP) is 4.17. The summed E-state index contributed by atoms with van der Waals surface area (Å²) < 4.78 is 5.65. The molecular formula is C22H32N2O3. The van der Waals surface area contributed by atoms with E-state index in [1.807, 2.05) is 36.7 Å².